The maximum atomic E-state index is 15.0. The molecule has 6 heteroatoms. The molecule has 2 heterocycles. The molecule has 32 heavy (non-hydrogen) atoms. The van der Waals surface area contributed by atoms with E-state index in [9.17, 15) is 14.0 Å². The van der Waals surface area contributed by atoms with Gasteiger partial charge < -0.3 is 15.4 Å². The monoisotopic (exact) mass is 438 g/mol. The molecule has 2 N–H and O–H groups in total. The number of hydrogen-bond acceptors (Lipinski definition) is 3. The Bertz CT molecular complexity index is 959. The first-order valence-corrected chi connectivity index (χ1v) is 11.3. The van der Waals surface area contributed by atoms with Crippen LogP contribution in [0.5, 0.6) is 0 Å². The van der Waals surface area contributed by atoms with Gasteiger partial charge in [-0.3, -0.25) is 9.59 Å². The summed E-state index contributed by atoms with van der Waals surface area (Å²) in [6.07, 6.45) is -1.19. The third kappa shape index (κ3) is 4.04. The first kappa shape index (κ1) is 22.5. The van der Waals surface area contributed by atoms with Gasteiger partial charge in [-0.1, -0.05) is 68.4 Å². The van der Waals surface area contributed by atoms with Crippen molar-refractivity contribution in [1.29, 1.82) is 0 Å². The molecule has 3 atom stereocenters. The van der Waals surface area contributed by atoms with E-state index in [1.165, 1.54) is 10.5 Å². The summed E-state index contributed by atoms with van der Waals surface area (Å²) in [6.45, 7) is 5.14. The maximum absolute atomic E-state index is 15.0. The molecule has 0 aliphatic carbocycles. The van der Waals surface area contributed by atoms with Crippen LogP contribution in [0, 0.1) is 5.92 Å². The molecule has 0 radical (unpaired) electrons. The Hall–Kier alpha value is -2.73. The number of amides is 2. The summed E-state index contributed by atoms with van der Waals surface area (Å²) in [4.78, 5) is 27.9. The number of ether oxygens (including phenoxy) is 1. The molecule has 2 fully saturated rings. The fourth-order valence-electron chi connectivity index (χ4n) is 5.07. The molecular formula is C26H31FN2O3. The lowest BCUT2D eigenvalue weighted by molar-refractivity contribution is -0.148. The Balaban J connectivity index is 1.83. The molecule has 2 aliphatic rings. The topological polar surface area (TPSA) is 72.6 Å². The number of rotatable bonds is 7. The van der Waals surface area contributed by atoms with Crippen LogP contribution < -0.4 is 5.73 Å². The van der Waals surface area contributed by atoms with Crippen molar-refractivity contribution >= 4 is 11.8 Å². The van der Waals surface area contributed by atoms with Gasteiger partial charge in [0.15, 0.2) is 0 Å². The van der Waals surface area contributed by atoms with E-state index in [0.29, 0.717) is 19.1 Å². The van der Waals surface area contributed by atoms with Gasteiger partial charge in [0.05, 0.1) is 19.8 Å². The lowest BCUT2D eigenvalue weighted by atomic mass is 9.72. The number of alkyl halides is 1. The van der Waals surface area contributed by atoms with E-state index >= 15 is 0 Å². The number of halogens is 1. The highest BCUT2D eigenvalue weighted by Gasteiger charge is 2.58. The molecule has 2 aromatic carbocycles. The molecular weight excluding hydrogens is 407 g/mol. The third-order valence-corrected chi connectivity index (χ3v) is 6.84. The summed E-state index contributed by atoms with van der Waals surface area (Å²) < 4.78 is 20.2. The van der Waals surface area contributed by atoms with E-state index in [1.807, 2.05) is 54.6 Å². The van der Waals surface area contributed by atoms with Gasteiger partial charge in [-0.2, -0.15) is 0 Å². The number of primary amides is 1. The standard InChI is InChI=1S/C26H31FN2O3/c1-17(2)19-8-10-21(11-9-19)24(20-6-4-3-5-7-20)26(25(28)31)13-22(27)14-29(26)23(30)12-18-15-32-16-18/h3-11,17-18,22,24H,12-16H2,1-2H3,(H2,28,31)/t22-,24+,26+/m1/s1. The zero-order valence-electron chi connectivity index (χ0n) is 18.7. The molecule has 2 aromatic rings. The van der Waals surface area contributed by atoms with E-state index in [1.54, 1.807) is 0 Å². The third-order valence-electron chi connectivity index (χ3n) is 6.84. The predicted molar refractivity (Wildman–Crippen MR) is 121 cm³/mol. The predicted octanol–water partition coefficient (Wildman–Crippen LogP) is 3.77. The molecule has 2 saturated heterocycles. The highest BCUT2D eigenvalue weighted by molar-refractivity contribution is 5.93. The molecule has 0 spiro atoms. The normalized spacial score (nSPS) is 24.4. The largest absolute Gasteiger partial charge is 0.381 e. The maximum Gasteiger partial charge on any atom is 0.244 e. The van der Waals surface area contributed by atoms with E-state index in [-0.39, 0.29) is 31.2 Å². The Labute approximate surface area is 188 Å². The van der Waals surface area contributed by atoms with E-state index < -0.39 is 23.5 Å². The van der Waals surface area contributed by atoms with Gasteiger partial charge in [-0.15, -0.1) is 0 Å². The van der Waals surface area contributed by atoms with Crippen molar-refractivity contribution in [1.82, 2.24) is 4.90 Å². The van der Waals surface area contributed by atoms with Crippen LogP contribution in [0.25, 0.3) is 0 Å². The molecule has 4 rings (SSSR count). The summed E-state index contributed by atoms with van der Waals surface area (Å²) in [6, 6.07) is 17.5. The fraction of sp³-hybridized carbons (Fsp3) is 0.462. The van der Waals surface area contributed by atoms with Crippen LogP contribution in [-0.2, 0) is 14.3 Å². The van der Waals surface area contributed by atoms with Crippen molar-refractivity contribution in [2.24, 2.45) is 11.7 Å². The number of carbonyl (C=O) groups is 2. The van der Waals surface area contributed by atoms with Crippen molar-refractivity contribution < 1.29 is 18.7 Å². The minimum Gasteiger partial charge on any atom is -0.381 e. The van der Waals surface area contributed by atoms with Gasteiger partial charge in [0.25, 0.3) is 0 Å². The summed E-state index contributed by atoms with van der Waals surface area (Å²) >= 11 is 0. The van der Waals surface area contributed by atoms with Crippen LogP contribution in [0.15, 0.2) is 54.6 Å². The molecule has 5 nitrogen and oxygen atoms in total. The van der Waals surface area contributed by atoms with Crippen molar-refractivity contribution in [2.75, 3.05) is 19.8 Å². The van der Waals surface area contributed by atoms with Crippen molar-refractivity contribution in [3.8, 4) is 0 Å². The average Bonchev–Trinajstić information content (AvgIpc) is 3.10. The summed E-state index contributed by atoms with van der Waals surface area (Å²) in [5, 5.41) is 0. The van der Waals surface area contributed by atoms with Crippen LogP contribution in [0.4, 0.5) is 4.39 Å². The van der Waals surface area contributed by atoms with Gasteiger partial charge in [0.1, 0.15) is 11.7 Å². The smallest absolute Gasteiger partial charge is 0.244 e. The van der Waals surface area contributed by atoms with Crippen LogP contribution in [0.3, 0.4) is 0 Å². The lowest BCUT2D eigenvalue weighted by Gasteiger charge is -2.43. The van der Waals surface area contributed by atoms with Crippen LogP contribution in [0.2, 0.25) is 0 Å². The zero-order chi connectivity index (χ0) is 22.9. The Morgan fingerprint density at radius 3 is 2.19 bits per heavy atom. The molecule has 2 aliphatic heterocycles. The highest BCUT2D eigenvalue weighted by atomic mass is 19.1. The van der Waals surface area contributed by atoms with Crippen LogP contribution >= 0.6 is 0 Å². The number of nitrogens with two attached hydrogens (primary N) is 1. The Morgan fingerprint density at radius 1 is 1.06 bits per heavy atom. The second-order valence-electron chi connectivity index (χ2n) is 9.37. The van der Waals surface area contributed by atoms with Gasteiger partial charge in [-0.25, -0.2) is 4.39 Å². The minimum atomic E-state index is -1.47. The number of hydrogen-bond donors (Lipinski definition) is 1. The van der Waals surface area contributed by atoms with E-state index in [2.05, 4.69) is 13.8 Å². The molecule has 170 valence electrons. The number of likely N-dealkylation sites (tertiary alicyclic amines) is 1. The van der Waals surface area contributed by atoms with Gasteiger partial charge in [-0.05, 0) is 22.6 Å². The molecule has 0 saturated carbocycles. The summed E-state index contributed by atoms with van der Waals surface area (Å²) in [7, 11) is 0. The molecule has 0 bridgehead atoms. The second kappa shape index (κ2) is 9.02. The van der Waals surface area contributed by atoms with E-state index in [4.69, 9.17) is 10.5 Å². The summed E-state index contributed by atoms with van der Waals surface area (Å²) in [5.74, 6) is -1.01. The molecule has 2 amide bonds. The Morgan fingerprint density at radius 2 is 1.66 bits per heavy atom. The van der Waals surface area contributed by atoms with Crippen LogP contribution in [0.1, 0.15) is 55.2 Å². The number of nitrogens with zero attached hydrogens (tertiary/aromatic N) is 1. The zero-order valence-corrected chi connectivity index (χ0v) is 18.7. The number of benzene rings is 2. The van der Waals surface area contributed by atoms with Crippen LogP contribution in [-0.4, -0.2) is 48.2 Å². The highest BCUT2D eigenvalue weighted by Crippen LogP contribution is 2.47. The second-order valence-corrected chi connectivity index (χ2v) is 9.37. The quantitative estimate of drug-likeness (QED) is 0.715. The van der Waals surface area contributed by atoms with E-state index in [0.717, 1.165) is 11.1 Å². The summed E-state index contributed by atoms with van der Waals surface area (Å²) in [5.41, 5.74) is 7.41. The molecule has 0 unspecified atom stereocenters. The molecule has 0 aromatic heterocycles. The van der Waals surface area contributed by atoms with Gasteiger partial charge in [0.2, 0.25) is 11.8 Å². The van der Waals surface area contributed by atoms with Crippen molar-refractivity contribution in [2.45, 2.75) is 50.2 Å². The lowest BCUT2D eigenvalue weighted by Crippen LogP contribution is -2.60. The SMILES string of the molecule is CC(C)c1ccc([C@H](c2ccccc2)[C@]2(C(N)=O)C[C@@H](F)CN2C(=O)CC2COC2)cc1. The minimum absolute atomic E-state index is 0.104. The van der Waals surface area contributed by atoms with Gasteiger partial charge >= 0.3 is 0 Å². The van der Waals surface area contributed by atoms with Crippen molar-refractivity contribution in [3.05, 3.63) is 71.3 Å². The first-order valence-electron chi connectivity index (χ1n) is 11.3. The fourth-order valence-corrected chi connectivity index (χ4v) is 5.07. The van der Waals surface area contributed by atoms with Crippen molar-refractivity contribution in [3.63, 3.8) is 0 Å². The number of carbonyl (C=O) groups excluding carboxylic acids is 2. The van der Waals surface area contributed by atoms with Gasteiger partial charge in [0, 0.05) is 24.7 Å². The average molecular weight is 439 g/mol. The Kier molecular flexibility index (Phi) is 6.33. The first-order chi connectivity index (χ1) is 15.3.